The van der Waals surface area contributed by atoms with Gasteiger partial charge in [-0.3, -0.25) is 4.79 Å². The Morgan fingerprint density at radius 2 is 1.67 bits per heavy atom. The third-order valence-electron chi connectivity index (χ3n) is 3.02. The molecule has 0 bridgehead atoms. The van der Waals surface area contributed by atoms with Crippen LogP contribution in [0.1, 0.15) is 33.6 Å². The molecular weight excluding hydrogens is 230 g/mol. The van der Waals surface area contributed by atoms with Crippen molar-refractivity contribution in [3.63, 3.8) is 0 Å². The molecule has 0 aromatic rings. The van der Waals surface area contributed by atoms with E-state index < -0.39 is 0 Å². The second-order valence-electron chi connectivity index (χ2n) is 6.18. The Morgan fingerprint density at radius 3 is 2.06 bits per heavy atom. The predicted molar refractivity (Wildman–Crippen MR) is 71.3 cm³/mol. The molecule has 5 heteroatoms. The van der Waals surface area contributed by atoms with Crippen molar-refractivity contribution < 1.29 is 9.59 Å². The SMILES string of the molecule is CN(C)C(=O)N1CCC(C(=O)NC(C)(C)C)CC1. The van der Waals surface area contributed by atoms with E-state index in [0.29, 0.717) is 13.1 Å². The van der Waals surface area contributed by atoms with Crippen LogP contribution in [0.4, 0.5) is 4.79 Å². The summed E-state index contributed by atoms with van der Waals surface area (Å²) in [5.74, 6) is 0.148. The number of carbonyl (C=O) groups is 2. The van der Waals surface area contributed by atoms with Crippen molar-refractivity contribution in [2.75, 3.05) is 27.2 Å². The van der Waals surface area contributed by atoms with Crippen molar-refractivity contribution >= 4 is 11.9 Å². The molecule has 0 aromatic heterocycles. The van der Waals surface area contributed by atoms with Crippen molar-refractivity contribution in [2.45, 2.75) is 39.2 Å². The Balaban J connectivity index is 2.44. The maximum absolute atomic E-state index is 12.0. The summed E-state index contributed by atoms with van der Waals surface area (Å²) in [6.45, 7) is 7.28. The Labute approximate surface area is 110 Å². The number of rotatable bonds is 1. The van der Waals surface area contributed by atoms with Gasteiger partial charge in [-0.15, -0.1) is 0 Å². The van der Waals surface area contributed by atoms with Crippen LogP contribution in [0.5, 0.6) is 0 Å². The van der Waals surface area contributed by atoms with Gasteiger partial charge in [-0.1, -0.05) is 0 Å². The summed E-state index contributed by atoms with van der Waals surface area (Å²) in [6.07, 6.45) is 1.50. The van der Waals surface area contributed by atoms with Crippen molar-refractivity contribution in [3.8, 4) is 0 Å². The van der Waals surface area contributed by atoms with Crippen LogP contribution in [0.25, 0.3) is 0 Å². The van der Waals surface area contributed by atoms with Crippen molar-refractivity contribution in [1.29, 1.82) is 0 Å². The molecule has 0 spiro atoms. The highest BCUT2D eigenvalue weighted by Crippen LogP contribution is 2.19. The first-order valence-electron chi connectivity index (χ1n) is 6.49. The third-order valence-corrected chi connectivity index (χ3v) is 3.02. The lowest BCUT2D eigenvalue weighted by Crippen LogP contribution is -2.49. The molecule has 1 aliphatic heterocycles. The van der Waals surface area contributed by atoms with Gasteiger partial charge in [0.2, 0.25) is 5.91 Å². The molecule has 0 unspecified atom stereocenters. The van der Waals surface area contributed by atoms with Gasteiger partial charge < -0.3 is 15.1 Å². The number of likely N-dealkylation sites (tertiary alicyclic amines) is 1. The summed E-state index contributed by atoms with van der Waals surface area (Å²) >= 11 is 0. The quantitative estimate of drug-likeness (QED) is 0.767. The average Bonchev–Trinajstić information content (AvgIpc) is 2.26. The zero-order chi connectivity index (χ0) is 13.9. The third kappa shape index (κ3) is 4.20. The summed E-state index contributed by atoms with van der Waals surface area (Å²) in [5, 5.41) is 3.00. The average molecular weight is 255 g/mol. The Kier molecular flexibility index (Phi) is 4.59. The van der Waals surface area contributed by atoms with E-state index in [1.165, 1.54) is 0 Å². The minimum Gasteiger partial charge on any atom is -0.351 e. The smallest absolute Gasteiger partial charge is 0.319 e. The summed E-state index contributed by atoms with van der Waals surface area (Å²) in [7, 11) is 3.50. The second kappa shape index (κ2) is 5.59. The molecular formula is C13H25N3O2. The maximum Gasteiger partial charge on any atom is 0.319 e. The number of nitrogens with zero attached hydrogens (tertiary/aromatic N) is 2. The number of urea groups is 1. The number of nitrogens with one attached hydrogen (secondary N) is 1. The van der Waals surface area contributed by atoms with Crippen molar-refractivity contribution in [1.82, 2.24) is 15.1 Å². The number of carbonyl (C=O) groups excluding carboxylic acids is 2. The fourth-order valence-corrected chi connectivity index (χ4v) is 2.09. The van der Waals surface area contributed by atoms with Crippen molar-refractivity contribution in [2.24, 2.45) is 5.92 Å². The van der Waals surface area contributed by atoms with Crippen molar-refractivity contribution in [3.05, 3.63) is 0 Å². The molecule has 1 saturated heterocycles. The molecule has 18 heavy (non-hydrogen) atoms. The molecule has 0 aliphatic carbocycles. The lowest BCUT2D eigenvalue weighted by molar-refractivity contribution is -0.127. The van der Waals surface area contributed by atoms with E-state index in [-0.39, 0.29) is 23.4 Å². The van der Waals surface area contributed by atoms with Crippen LogP contribution in [0.15, 0.2) is 0 Å². The van der Waals surface area contributed by atoms with Gasteiger partial charge >= 0.3 is 6.03 Å². The zero-order valence-electron chi connectivity index (χ0n) is 12.1. The molecule has 0 saturated carbocycles. The zero-order valence-corrected chi connectivity index (χ0v) is 12.1. The molecule has 5 nitrogen and oxygen atoms in total. The van der Waals surface area contributed by atoms with Gasteiger partial charge in [-0.05, 0) is 33.6 Å². The number of hydrogen-bond donors (Lipinski definition) is 1. The van der Waals surface area contributed by atoms with Gasteiger partial charge in [-0.25, -0.2) is 4.79 Å². The summed E-state index contributed by atoms with van der Waals surface area (Å²) < 4.78 is 0. The number of piperidine rings is 1. The summed E-state index contributed by atoms with van der Waals surface area (Å²) in [4.78, 5) is 27.1. The summed E-state index contributed by atoms with van der Waals surface area (Å²) in [5.41, 5.74) is -0.187. The van der Waals surface area contributed by atoms with Crippen LogP contribution >= 0.6 is 0 Å². The first kappa shape index (κ1) is 14.8. The van der Waals surface area contributed by atoms with Crippen LogP contribution in [0, 0.1) is 5.92 Å². The predicted octanol–water partition coefficient (Wildman–Crippen LogP) is 1.29. The van der Waals surface area contributed by atoms with Gasteiger partial charge in [0, 0.05) is 38.6 Å². The van der Waals surface area contributed by atoms with Gasteiger partial charge in [0.05, 0.1) is 0 Å². The standard InChI is InChI=1S/C13H25N3O2/c1-13(2,3)14-11(17)10-6-8-16(9-7-10)12(18)15(4)5/h10H,6-9H2,1-5H3,(H,14,17). The largest absolute Gasteiger partial charge is 0.351 e. The molecule has 1 rings (SSSR count). The molecule has 3 amide bonds. The van der Waals surface area contributed by atoms with E-state index in [4.69, 9.17) is 0 Å². The highest BCUT2D eigenvalue weighted by molar-refractivity contribution is 5.80. The Hall–Kier alpha value is -1.26. The lowest BCUT2D eigenvalue weighted by Gasteiger charge is -2.34. The minimum absolute atomic E-state index is 0.0321. The monoisotopic (exact) mass is 255 g/mol. The normalized spacial score (nSPS) is 17.5. The Bertz CT molecular complexity index is 313. The molecule has 1 fully saturated rings. The first-order chi connectivity index (χ1) is 8.20. The van der Waals surface area contributed by atoms with Gasteiger partial charge in [0.15, 0.2) is 0 Å². The van der Waals surface area contributed by atoms with E-state index >= 15 is 0 Å². The molecule has 0 radical (unpaired) electrons. The van der Waals surface area contributed by atoms with Gasteiger partial charge in [0.1, 0.15) is 0 Å². The molecule has 104 valence electrons. The fraction of sp³-hybridized carbons (Fsp3) is 0.846. The molecule has 0 aromatic carbocycles. The van der Waals surface area contributed by atoms with E-state index in [1.54, 1.807) is 23.9 Å². The minimum atomic E-state index is -0.187. The highest BCUT2D eigenvalue weighted by atomic mass is 16.2. The topological polar surface area (TPSA) is 52.7 Å². The lowest BCUT2D eigenvalue weighted by atomic mass is 9.94. The highest BCUT2D eigenvalue weighted by Gasteiger charge is 2.29. The van der Waals surface area contributed by atoms with Crippen LogP contribution in [0.2, 0.25) is 0 Å². The van der Waals surface area contributed by atoms with Gasteiger partial charge in [0.25, 0.3) is 0 Å². The molecule has 1 heterocycles. The second-order valence-corrected chi connectivity index (χ2v) is 6.18. The van der Waals surface area contributed by atoms with E-state index in [2.05, 4.69) is 5.32 Å². The molecule has 1 N–H and O–H groups in total. The Morgan fingerprint density at radius 1 is 1.17 bits per heavy atom. The fourth-order valence-electron chi connectivity index (χ4n) is 2.09. The molecule has 1 aliphatic rings. The van der Waals surface area contributed by atoms with E-state index in [9.17, 15) is 9.59 Å². The van der Waals surface area contributed by atoms with E-state index in [0.717, 1.165) is 12.8 Å². The molecule has 0 atom stereocenters. The van der Waals surface area contributed by atoms with Crippen LogP contribution < -0.4 is 5.32 Å². The maximum atomic E-state index is 12.0. The number of amides is 3. The number of hydrogen-bond acceptors (Lipinski definition) is 2. The van der Waals surface area contributed by atoms with Crippen LogP contribution in [-0.2, 0) is 4.79 Å². The van der Waals surface area contributed by atoms with Crippen LogP contribution in [0.3, 0.4) is 0 Å². The van der Waals surface area contributed by atoms with E-state index in [1.807, 2.05) is 20.8 Å². The van der Waals surface area contributed by atoms with Gasteiger partial charge in [-0.2, -0.15) is 0 Å². The van der Waals surface area contributed by atoms with Crippen LogP contribution in [-0.4, -0.2) is 54.5 Å². The summed E-state index contributed by atoms with van der Waals surface area (Å²) in [6, 6.07) is 0.0321. The first-order valence-corrected chi connectivity index (χ1v) is 6.49.